The fraction of sp³-hybridized carbons (Fsp3) is 0.125. The summed E-state index contributed by atoms with van der Waals surface area (Å²) >= 11 is 2.77. The maximum Gasteiger partial charge on any atom is 0.117 e. The van der Waals surface area contributed by atoms with Gasteiger partial charge in [-0.3, -0.25) is 0 Å². The first kappa shape index (κ1) is 2.90. The van der Waals surface area contributed by atoms with Crippen LogP contribution >= 0.6 is 15.9 Å². The number of H-pyrrole nitrogens is 1. The maximum atomic E-state index is 7.64. The van der Waals surface area contributed by atoms with Gasteiger partial charge in [0.25, 0.3) is 0 Å². The lowest BCUT2D eigenvalue weighted by Crippen LogP contribution is -1.76. The van der Waals surface area contributed by atoms with Crippen molar-refractivity contribution in [3.8, 4) is 0 Å². The number of aromatic amines is 1. The van der Waals surface area contributed by atoms with Crippen molar-refractivity contribution in [1.82, 2.24) is 9.97 Å². The van der Waals surface area contributed by atoms with Crippen LogP contribution in [0.15, 0.2) is 24.2 Å². The lowest BCUT2D eigenvalue weighted by molar-refractivity contribution is 1.15. The predicted molar refractivity (Wildman–Crippen MR) is 48.7 cm³/mol. The van der Waals surface area contributed by atoms with Crippen molar-refractivity contribution in [1.29, 1.82) is 0 Å². The number of imidazole rings is 1. The molecule has 1 aromatic heterocycles. The molecule has 0 aliphatic carbocycles. The summed E-state index contributed by atoms with van der Waals surface area (Å²) < 4.78 is 45.1. The number of hydrogen-bond acceptors (Lipinski definition) is 1. The van der Waals surface area contributed by atoms with Crippen molar-refractivity contribution in [3.05, 3.63) is 30.0 Å². The fourth-order valence-electron chi connectivity index (χ4n) is 0.783. The third-order valence-corrected chi connectivity index (χ3v) is 1.60. The molecule has 0 aliphatic heterocycles. The average Bonchev–Trinajstić information content (AvgIpc) is 2.67. The molecule has 0 spiro atoms. The van der Waals surface area contributed by atoms with Gasteiger partial charge in [0.1, 0.15) is 5.82 Å². The van der Waals surface area contributed by atoms with Crippen molar-refractivity contribution < 1.29 is 8.22 Å². The van der Waals surface area contributed by atoms with E-state index in [4.69, 9.17) is 8.22 Å². The van der Waals surface area contributed by atoms with E-state index in [0.29, 0.717) is 0 Å². The van der Waals surface area contributed by atoms with Crippen molar-refractivity contribution in [2.45, 2.75) is 5.28 Å². The first-order valence-electron chi connectivity index (χ1n) is 5.89. The highest BCUT2D eigenvalue weighted by Crippen LogP contribution is 2.11. The van der Waals surface area contributed by atoms with Crippen molar-refractivity contribution >= 4 is 27.0 Å². The van der Waals surface area contributed by atoms with Gasteiger partial charge in [0.15, 0.2) is 0 Å². The third-order valence-electron chi connectivity index (χ3n) is 1.22. The van der Waals surface area contributed by atoms with Crippen LogP contribution < -0.4 is 0 Å². The summed E-state index contributed by atoms with van der Waals surface area (Å²) in [6, 6.07) is -1.28. The van der Waals surface area contributed by atoms with Crippen LogP contribution in [0.25, 0.3) is 11.0 Å². The Labute approximate surface area is 81.2 Å². The second-order valence-corrected chi connectivity index (χ2v) is 2.30. The van der Waals surface area contributed by atoms with E-state index in [2.05, 4.69) is 25.9 Å². The third kappa shape index (κ3) is 1.16. The molecule has 3 heteroatoms. The molecule has 1 N–H and O–H groups in total. The number of benzene rings is 1. The van der Waals surface area contributed by atoms with Crippen LogP contribution in [0.5, 0.6) is 0 Å². The molecule has 0 aliphatic rings. The molecule has 1 aromatic carbocycles. The van der Waals surface area contributed by atoms with Gasteiger partial charge >= 0.3 is 0 Å². The van der Waals surface area contributed by atoms with Crippen molar-refractivity contribution in [2.75, 3.05) is 0 Å². The first-order chi connectivity index (χ1) is 7.73. The van der Waals surface area contributed by atoms with E-state index in [1.54, 1.807) is 0 Å². The zero-order valence-corrected chi connectivity index (χ0v) is 6.91. The SMILES string of the molecule is [2H]c1c([2H])c([2H])c2[nH]c(C([2H])([2H])Br)nc2c1[2H]. The average molecular weight is 217 g/mol. The number of halogens is 1. The highest BCUT2D eigenvalue weighted by atomic mass is 79.9. The molecule has 0 bridgehead atoms. The highest BCUT2D eigenvalue weighted by molar-refractivity contribution is 9.08. The Morgan fingerprint density at radius 3 is 3.27 bits per heavy atom. The van der Waals surface area contributed by atoms with Gasteiger partial charge < -0.3 is 4.98 Å². The van der Waals surface area contributed by atoms with Gasteiger partial charge in [0.2, 0.25) is 0 Å². The molecule has 0 atom stereocenters. The Morgan fingerprint density at radius 2 is 2.45 bits per heavy atom. The lowest BCUT2D eigenvalue weighted by atomic mass is 10.3. The van der Waals surface area contributed by atoms with Crippen molar-refractivity contribution in [2.24, 2.45) is 0 Å². The number of hydrogen-bond donors (Lipinski definition) is 1. The molecule has 56 valence electrons. The molecule has 0 saturated carbocycles. The van der Waals surface area contributed by atoms with Gasteiger partial charge in [0, 0.05) is 2.74 Å². The molecule has 0 fully saturated rings. The van der Waals surface area contributed by atoms with Gasteiger partial charge in [-0.15, -0.1) is 0 Å². The van der Waals surface area contributed by atoms with Crippen LogP contribution in [0, 0.1) is 0 Å². The minimum atomic E-state index is -1.91. The van der Waals surface area contributed by atoms with Gasteiger partial charge in [-0.25, -0.2) is 4.98 Å². The van der Waals surface area contributed by atoms with E-state index < -0.39 is 5.28 Å². The summed E-state index contributed by atoms with van der Waals surface area (Å²) in [5, 5.41) is -1.91. The van der Waals surface area contributed by atoms with Crippen LogP contribution in [-0.4, -0.2) is 9.97 Å². The molecular formula is C8H7BrN2. The van der Waals surface area contributed by atoms with E-state index in [-0.39, 0.29) is 41.0 Å². The van der Waals surface area contributed by atoms with Crippen LogP contribution in [0.4, 0.5) is 0 Å². The van der Waals surface area contributed by atoms with E-state index in [1.807, 2.05) is 0 Å². The smallest absolute Gasteiger partial charge is 0.117 e. The minimum absolute atomic E-state index is 0.0364. The number of fused-ring (bicyclic) bond motifs is 1. The van der Waals surface area contributed by atoms with E-state index in [0.717, 1.165) is 0 Å². The molecule has 2 aromatic rings. The zero-order chi connectivity index (χ0) is 13.0. The molecule has 0 unspecified atom stereocenters. The van der Waals surface area contributed by atoms with E-state index in [1.165, 1.54) is 0 Å². The summed E-state index contributed by atoms with van der Waals surface area (Å²) in [7, 11) is 0. The number of para-hydroxylation sites is 2. The first-order valence-corrected chi connectivity index (χ1v) is 3.68. The number of aromatic nitrogens is 2. The van der Waals surface area contributed by atoms with E-state index in [9.17, 15) is 0 Å². The molecule has 1 heterocycles. The summed E-state index contributed by atoms with van der Waals surface area (Å²) in [6.07, 6.45) is 0. The maximum absolute atomic E-state index is 7.64. The normalized spacial score (nSPS) is 19.7. The Morgan fingerprint density at radius 1 is 1.64 bits per heavy atom. The number of alkyl halides is 1. The van der Waals surface area contributed by atoms with Crippen LogP contribution in [0.2, 0.25) is 0 Å². The number of rotatable bonds is 1. The minimum Gasteiger partial charge on any atom is -0.341 e. The Balaban J connectivity index is 2.86. The fourth-order valence-corrected chi connectivity index (χ4v) is 0.971. The van der Waals surface area contributed by atoms with Gasteiger partial charge in [-0.05, 0) is 12.1 Å². The zero-order valence-electron chi connectivity index (χ0n) is 11.3. The summed E-state index contributed by atoms with van der Waals surface area (Å²) in [5.41, 5.74) is 0.142. The summed E-state index contributed by atoms with van der Waals surface area (Å²) in [5.74, 6) is -0.0838. The molecule has 2 rings (SSSR count). The largest absolute Gasteiger partial charge is 0.341 e. The standard InChI is InChI=1S/C8H7BrN2/c9-5-8-10-6-3-1-2-4-7(6)11-8/h1-4H,5H2,(H,10,11)/i1D,2D,3D,4D,5D2. The van der Waals surface area contributed by atoms with Crippen LogP contribution in [-0.2, 0) is 5.28 Å². The monoisotopic (exact) mass is 216 g/mol. The van der Waals surface area contributed by atoms with Gasteiger partial charge in [-0.2, -0.15) is 0 Å². The predicted octanol–water partition coefficient (Wildman–Crippen LogP) is 2.46. The van der Waals surface area contributed by atoms with Gasteiger partial charge in [0.05, 0.1) is 21.8 Å². The summed E-state index contributed by atoms with van der Waals surface area (Å²) in [4.78, 5) is 6.43. The molecule has 11 heavy (non-hydrogen) atoms. The second kappa shape index (κ2) is 2.66. The molecule has 0 amide bonds. The molecular weight excluding hydrogens is 204 g/mol. The number of nitrogens with zero attached hydrogens (tertiary/aromatic N) is 1. The second-order valence-electron chi connectivity index (χ2n) is 1.90. The van der Waals surface area contributed by atoms with E-state index >= 15 is 0 Å². The Bertz CT molecular complexity index is 557. The molecule has 0 saturated heterocycles. The van der Waals surface area contributed by atoms with Crippen LogP contribution in [0.3, 0.4) is 0 Å². The molecule has 2 nitrogen and oxygen atoms in total. The lowest BCUT2D eigenvalue weighted by Gasteiger charge is -1.81. The molecule has 0 radical (unpaired) electrons. The Hall–Kier alpha value is -0.830. The van der Waals surface area contributed by atoms with Gasteiger partial charge in [-0.1, -0.05) is 28.0 Å². The van der Waals surface area contributed by atoms with Crippen molar-refractivity contribution in [3.63, 3.8) is 0 Å². The quantitative estimate of drug-likeness (QED) is 0.730. The highest BCUT2D eigenvalue weighted by Gasteiger charge is 1.97. The summed E-state index contributed by atoms with van der Waals surface area (Å²) in [6.45, 7) is 0. The van der Waals surface area contributed by atoms with Crippen LogP contribution in [0.1, 0.15) is 14.0 Å². The number of nitrogens with one attached hydrogen (secondary N) is 1. The topological polar surface area (TPSA) is 28.7 Å². The Kier molecular flexibility index (Phi) is 0.701.